The quantitative estimate of drug-likeness (QED) is 0.649. The van der Waals surface area contributed by atoms with Crippen molar-refractivity contribution < 1.29 is 14.5 Å². The summed E-state index contributed by atoms with van der Waals surface area (Å²) in [6, 6.07) is 4.68. The predicted octanol–water partition coefficient (Wildman–Crippen LogP) is 1.31. The van der Waals surface area contributed by atoms with Gasteiger partial charge in [-0.2, -0.15) is 0 Å². The fourth-order valence-corrected chi connectivity index (χ4v) is 2.26. The Kier molecular flexibility index (Phi) is 4.11. The number of carbonyl (C=O) groups is 2. The Balaban J connectivity index is 2.45. The number of benzene rings is 1. The SMILES string of the molecule is CC1=C(C(=O)N(C)C)[C@@H](c2ccc([N+](=O)[O-])cc2)NC(=O)N1. The van der Waals surface area contributed by atoms with Crippen LogP contribution in [0.2, 0.25) is 0 Å². The number of nitro groups is 1. The summed E-state index contributed by atoms with van der Waals surface area (Å²) in [5, 5.41) is 16.0. The second-order valence-electron chi connectivity index (χ2n) is 5.12. The van der Waals surface area contributed by atoms with Crippen LogP contribution in [0.25, 0.3) is 0 Å². The summed E-state index contributed by atoms with van der Waals surface area (Å²) in [7, 11) is 3.23. The number of allylic oxidation sites excluding steroid dienone is 1. The molecule has 0 aliphatic carbocycles. The average Bonchev–Trinajstić information content (AvgIpc) is 2.45. The average molecular weight is 304 g/mol. The number of non-ortho nitro benzene ring substituents is 1. The number of carbonyl (C=O) groups excluding carboxylic acids is 2. The Hall–Kier alpha value is -2.90. The number of likely N-dealkylation sites (N-methyl/N-ethyl adjacent to an activating group) is 1. The van der Waals surface area contributed by atoms with E-state index in [0.29, 0.717) is 16.8 Å². The molecule has 0 aromatic heterocycles. The number of nitrogens with one attached hydrogen (secondary N) is 2. The maximum atomic E-state index is 12.3. The van der Waals surface area contributed by atoms with E-state index in [-0.39, 0.29) is 11.6 Å². The normalized spacial score (nSPS) is 17.6. The number of urea groups is 1. The molecule has 0 unspecified atom stereocenters. The lowest BCUT2D eigenvalue weighted by atomic mass is 9.94. The molecule has 8 heteroatoms. The highest BCUT2D eigenvalue weighted by atomic mass is 16.6. The first-order valence-corrected chi connectivity index (χ1v) is 6.55. The van der Waals surface area contributed by atoms with Gasteiger partial charge in [0, 0.05) is 31.9 Å². The van der Waals surface area contributed by atoms with Gasteiger partial charge in [0.25, 0.3) is 11.6 Å². The first-order chi connectivity index (χ1) is 10.3. The maximum absolute atomic E-state index is 12.3. The summed E-state index contributed by atoms with van der Waals surface area (Å²) in [5.41, 5.74) is 1.42. The molecule has 116 valence electrons. The Morgan fingerprint density at radius 2 is 1.86 bits per heavy atom. The second-order valence-corrected chi connectivity index (χ2v) is 5.12. The Morgan fingerprint density at radius 3 is 2.36 bits per heavy atom. The lowest BCUT2D eigenvalue weighted by Gasteiger charge is -2.30. The van der Waals surface area contributed by atoms with Gasteiger partial charge >= 0.3 is 6.03 Å². The molecule has 22 heavy (non-hydrogen) atoms. The minimum absolute atomic E-state index is 0.0507. The Morgan fingerprint density at radius 1 is 1.27 bits per heavy atom. The summed E-state index contributed by atoms with van der Waals surface area (Å²) in [6.07, 6.45) is 0. The molecule has 0 bridgehead atoms. The zero-order chi connectivity index (χ0) is 16.4. The minimum Gasteiger partial charge on any atom is -0.345 e. The van der Waals surface area contributed by atoms with E-state index in [2.05, 4.69) is 10.6 Å². The molecule has 3 amide bonds. The highest BCUT2D eigenvalue weighted by molar-refractivity contribution is 5.98. The van der Waals surface area contributed by atoms with Gasteiger partial charge < -0.3 is 15.5 Å². The zero-order valence-corrected chi connectivity index (χ0v) is 12.4. The van der Waals surface area contributed by atoms with Crippen LogP contribution in [0.5, 0.6) is 0 Å². The van der Waals surface area contributed by atoms with Gasteiger partial charge in [0.1, 0.15) is 0 Å². The number of amides is 3. The van der Waals surface area contributed by atoms with E-state index in [1.807, 2.05) is 0 Å². The highest BCUT2D eigenvalue weighted by Crippen LogP contribution is 2.28. The predicted molar refractivity (Wildman–Crippen MR) is 78.9 cm³/mol. The van der Waals surface area contributed by atoms with Crippen LogP contribution < -0.4 is 10.6 Å². The molecule has 1 heterocycles. The summed E-state index contributed by atoms with van der Waals surface area (Å²) in [5.74, 6) is -0.242. The first-order valence-electron chi connectivity index (χ1n) is 6.55. The standard InChI is InChI=1S/C14H16N4O4/c1-8-11(13(19)17(2)3)12(16-14(20)15-8)9-4-6-10(7-5-9)18(21)22/h4-7,12H,1-3H3,(H2,15,16,20)/t12-/m1/s1. The maximum Gasteiger partial charge on any atom is 0.319 e. The lowest BCUT2D eigenvalue weighted by Crippen LogP contribution is -2.46. The summed E-state index contributed by atoms with van der Waals surface area (Å²) in [6.45, 7) is 1.65. The molecule has 0 radical (unpaired) electrons. The van der Waals surface area contributed by atoms with Crippen molar-refractivity contribution in [2.75, 3.05) is 14.1 Å². The fraction of sp³-hybridized carbons (Fsp3) is 0.286. The van der Waals surface area contributed by atoms with Crippen LogP contribution in [0.15, 0.2) is 35.5 Å². The van der Waals surface area contributed by atoms with Gasteiger partial charge in [-0.1, -0.05) is 0 Å². The van der Waals surface area contributed by atoms with E-state index in [4.69, 9.17) is 0 Å². The molecular formula is C14H16N4O4. The van der Waals surface area contributed by atoms with Crippen LogP contribution in [0.3, 0.4) is 0 Å². The topological polar surface area (TPSA) is 105 Å². The van der Waals surface area contributed by atoms with E-state index in [1.165, 1.54) is 29.2 Å². The van der Waals surface area contributed by atoms with Crippen LogP contribution in [-0.2, 0) is 4.79 Å². The Labute approximate surface area is 126 Å². The summed E-state index contributed by atoms with van der Waals surface area (Å²) >= 11 is 0. The molecule has 0 spiro atoms. The molecule has 1 aromatic carbocycles. The van der Waals surface area contributed by atoms with E-state index in [1.54, 1.807) is 21.0 Å². The number of hydrogen-bond acceptors (Lipinski definition) is 4. The molecule has 0 fully saturated rings. The zero-order valence-electron chi connectivity index (χ0n) is 12.4. The largest absolute Gasteiger partial charge is 0.345 e. The van der Waals surface area contributed by atoms with Crippen molar-refractivity contribution in [1.82, 2.24) is 15.5 Å². The number of nitro benzene ring substituents is 1. The van der Waals surface area contributed by atoms with Crippen molar-refractivity contribution in [1.29, 1.82) is 0 Å². The van der Waals surface area contributed by atoms with Crippen molar-refractivity contribution >= 4 is 17.6 Å². The number of hydrogen-bond donors (Lipinski definition) is 2. The minimum atomic E-state index is -0.649. The van der Waals surface area contributed by atoms with E-state index < -0.39 is 17.0 Å². The van der Waals surface area contributed by atoms with Crippen LogP contribution >= 0.6 is 0 Å². The van der Waals surface area contributed by atoms with Crippen molar-refractivity contribution in [2.45, 2.75) is 13.0 Å². The molecular weight excluding hydrogens is 288 g/mol. The molecule has 0 saturated heterocycles. The smallest absolute Gasteiger partial charge is 0.319 e. The van der Waals surface area contributed by atoms with Gasteiger partial charge in [-0.05, 0) is 24.6 Å². The van der Waals surface area contributed by atoms with Crippen molar-refractivity contribution in [2.24, 2.45) is 0 Å². The van der Waals surface area contributed by atoms with Gasteiger partial charge in [0.05, 0.1) is 16.5 Å². The molecule has 1 aliphatic heterocycles. The molecule has 1 aromatic rings. The van der Waals surface area contributed by atoms with Gasteiger partial charge in [-0.15, -0.1) is 0 Å². The van der Waals surface area contributed by atoms with E-state index >= 15 is 0 Å². The van der Waals surface area contributed by atoms with Crippen LogP contribution in [-0.4, -0.2) is 35.9 Å². The third kappa shape index (κ3) is 2.90. The van der Waals surface area contributed by atoms with Crippen molar-refractivity contribution in [3.63, 3.8) is 0 Å². The first kappa shape index (κ1) is 15.5. The van der Waals surface area contributed by atoms with Crippen LogP contribution in [0, 0.1) is 10.1 Å². The van der Waals surface area contributed by atoms with Crippen LogP contribution in [0.4, 0.5) is 10.5 Å². The number of rotatable bonds is 3. The van der Waals surface area contributed by atoms with Gasteiger partial charge in [-0.25, -0.2) is 4.79 Å². The van der Waals surface area contributed by atoms with Gasteiger partial charge in [0.2, 0.25) is 0 Å². The number of nitrogens with zero attached hydrogens (tertiary/aromatic N) is 2. The lowest BCUT2D eigenvalue weighted by molar-refractivity contribution is -0.384. The third-order valence-corrected chi connectivity index (χ3v) is 3.34. The van der Waals surface area contributed by atoms with Crippen molar-refractivity contribution in [3.05, 3.63) is 51.2 Å². The fourth-order valence-electron chi connectivity index (χ4n) is 2.26. The Bertz CT molecular complexity index is 664. The van der Waals surface area contributed by atoms with Crippen LogP contribution in [0.1, 0.15) is 18.5 Å². The molecule has 1 aliphatic rings. The highest BCUT2D eigenvalue weighted by Gasteiger charge is 2.32. The molecule has 0 saturated carbocycles. The molecule has 2 rings (SSSR count). The summed E-state index contributed by atoms with van der Waals surface area (Å²) < 4.78 is 0. The van der Waals surface area contributed by atoms with E-state index in [0.717, 1.165) is 0 Å². The third-order valence-electron chi connectivity index (χ3n) is 3.34. The van der Waals surface area contributed by atoms with Crippen molar-refractivity contribution in [3.8, 4) is 0 Å². The molecule has 2 N–H and O–H groups in total. The van der Waals surface area contributed by atoms with Gasteiger partial charge in [0.15, 0.2) is 0 Å². The van der Waals surface area contributed by atoms with E-state index in [9.17, 15) is 19.7 Å². The van der Waals surface area contributed by atoms with Gasteiger partial charge in [-0.3, -0.25) is 14.9 Å². The molecule has 1 atom stereocenters. The second kappa shape index (κ2) is 5.84. The summed E-state index contributed by atoms with van der Waals surface area (Å²) in [4.78, 5) is 35.6. The molecule has 8 nitrogen and oxygen atoms in total. The monoisotopic (exact) mass is 304 g/mol.